The lowest BCUT2D eigenvalue weighted by atomic mass is 9.80. The van der Waals surface area contributed by atoms with Crippen molar-refractivity contribution < 1.29 is 9.47 Å². The molecule has 0 radical (unpaired) electrons. The van der Waals surface area contributed by atoms with Crippen molar-refractivity contribution in [3.05, 3.63) is 23.8 Å². The molecular formula is C17H25NO2. The maximum atomic E-state index is 5.64. The van der Waals surface area contributed by atoms with Gasteiger partial charge >= 0.3 is 0 Å². The third-order valence-electron chi connectivity index (χ3n) is 4.63. The number of fused-ring (bicyclic) bond motifs is 1. The zero-order valence-electron chi connectivity index (χ0n) is 12.5. The van der Waals surface area contributed by atoms with Crippen molar-refractivity contribution >= 4 is 0 Å². The van der Waals surface area contributed by atoms with E-state index in [-0.39, 0.29) is 0 Å². The number of hydrogen-bond acceptors (Lipinski definition) is 3. The van der Waals surface area contributed by atoms with Gasteiger partial charge in [0.15, 0.2) is 11.5 Å². The van der Waals surface area contributed by atoms with E-state index >= 15 is 0 Å². The van der Waals surface area contributed by atoms with Gasteiger partial charge in [-0.05, 0) is 42.4 Å². The van der Waals surface area contributed by atoms with E-state index in [0.717, 1.165) is 29.9 Å². The second-order valence-corrected chi connectivity index (χ2v) is 6.36. The minimum absolute atomic E-state index is 0.645. The first kappa shape index (κ1) is 13.7. The highest BCUT2D eigenvalue weighted by Crippen LogP contribution is 2.31. The highest BCUT2D eigenvalue weighted by Gasteiger charge is 2.24. The van der Waals surface area contributed by atoms with Crippen molar-refractivity contribution in [2.75, 3.05) is 13.2 Å². The van der Waals surface area contributed by atoms with Crippen LogP contribution in [0.5, 0.6) is 11.5 Å². The third-order valence-corrected chi connectivity index (χ3v) is 4.63. The summed E-state index contributed by atoms with van der Waals surface area (Å²) >= 11 is 0. The summed E-state index contributed by atoms with van der Waals surface area (Å²) in [5.74, 6) is 3.40. The first-order chi connectivity index (χ1) is 9.72. The van der Waals surface area contributed by atoms with Crippen molar-refractivity contribution in [3.8, 4) is 11.5 Å². The molecular weight excluding hydrogens is 250 g/mol. The first-order valence-corrected chi connectivity index (χ1v) is 7.84. The van der Waals surface area contributed by atoms with Gasteiger partial charge in [-0.25, -0.2) is 0 Å². The van der Waals surface area contributed by atoms with Crippen LogP contribution in [0, 0.1) is 11.8 Å². The monoisotopic (exact) mass is 275 g/mol. The summed E-state index contributed by atoms with van der Waals surface area (Å²) in [6, 6.07) is 6.92. The van der Waals surface area contributed by atoms with E-state index in [4.69, 9.17) is 9.47 Å². The van der Waals surface area contributed by atoms with Crippen molar-refractivity contribution in [1.82, 2.24) is 5.32 Å². The van der Waals surface area contributed by atoms with Gasteiger partial charge in [-0.1, -0.05) is 26.3 Å². The summed E-state index contributed by atoms with van der Waals surface area (Å²) in [6.07, 6.45) is 4.02. The van der Waals surface area contributed by atoms with E-state index in [1.165, 1.54) is 24.8 Å². The van der Waals surface area contributed by atoms with Gasteiger partial charge in [0.1, 0.15) is 13.2 Å². The largest absolute Gasteiger partial charge is 0.486 e. The molecule has 1 aromatic rings. The van der Waals surface area contributed by atoms with E-state index in [1.807, 2.05) is 6.07 Å². The molecule has 1 N–H and O–H groups in total. The number of benzene rings is 1. The van der Waals surface area contributed by atoms with Gasteiger partial charge in [-0.3, -0.25) is 0 Å². The molecule has 0 amide bonds. The topological polar surface area (TPSA) is 30.5 Å². The van der Waals surface area contributed by atoms with E-state index in [1.54, 1.807) is 0 Å². The average molecular weight is 275 g/mol. The fourth-order valence-electron chi connectivity index (χ4n) is 3.26. The highest BCUT2D eigenvalue weighted by atomic mass is 16.6. The van der Waals surface area contributed by atoms with Crippen molar-refractivity contribution in [1.29, 1.82) is 0 Å². The Balaban J connectivity index is 1.60. The van der Waals surface area contributed by atoms with Crippen LogP contribution in [0.2, 0.25) is 0 Å². The third kappa shape index (κ3) is 3.09. The van der Waals surface area contributed by atoms with E-state index in [2.05, 4.69) is 31.3 Å². The second-order valence-electron chi connectivity index (χ2n) is 6.36. The zero-order chi connectivity index (χ0) is 13.9. The van der Waals surface area contributed by atoms with Crippen LogP contribution >= 0.6 is 0 Å². The smallest absolute Gasteiger partial charge is 0.161 e. The summed E-state index contributed by atoms with van der Waals surface area (Å²) in [5, 5.41) is 3.73. The highest BCUT2D eigenvalue weighted by molar-refractivity contribution is 5.43. The lowest BCUT2D eigenvalue weighted by molar-refractivity contribution is 0.171. The fourth-order valence-corrected chi connectivity index (χ4v) is 3.26. The standard InChI is InChI=1S/C17H25NO2/c1-12-3-4-13(2)15(9-12)18-11-14-5-6-16-17(10-14)20-8-7-19-16/h5-6,10,12-13,15,18H,3-4,7-9,11H2,1-2H3. The number of rotatable bonds is 3. The summed E-state index contributed by atoms with van der Waals surface area (Å²) < 4.78 is 11.2. The molecule has 1 fully saturated rings. The van der Waals surface area contributed by atoms with Crippen LogP contribution in [-0.4, -0.2) is 19.3 Å². The summed E-state index contributed by atoms with van der Waals surface area (Å²) in [7, 11) is 0. The van der Waals surface area contributed by atoms with Crippen LogP contribution in [0.1, 0.15) is 38.7 Å². The van der Waals surface area contributed by atoms with Crippen LogP contribution in [0.25, 0.3) is 0 Å². The normalized spacial score (nSPS) is 29.2. The number of ether oxygens (including phenoxy) is 2. The maximum Gasteiger partial charge on any atom is 0.161 e. The Labute approximate surface area is 121 Å². The van der Waals surface area contributed by atoms with Crippen molar-refractivity contribution in [2.24, 2.45) is 11.8 Å². The van der Waals surface area contributed by atoms with E-state index in [9.17, 15) is 0 Å². The van der Waals surface area contributed by atoms with Gasteiger partial charge in [0.25, 0.3) is 0 Å². The molecule has 2 aliphatic rings. The Bertz CT molecular complexity index is 460. The van der Waals surface area contributed by atoms with Crippen molar-refractivity contribution in [2.45, 2.75) is 45.7 Å². The number of hydrogen-bond donors (Lipinski definition) is 1. The fraction of sp³-hybridized carbons (Fsp3) is 0.647. The van der Waals surface area contributed by atoms with Gasteiger partial charge in [-0.15, -0.1) is 0 Å². The molecule has 1 aliphatic heterocycles. The van der Waals surface area contributed by atoms with Crippen LogP contribution in [-0.2, 0) is 6.54 Å². The molecule has 20 heavy (non-hydrogen) atoms. The molecule has 1 aliphatic carbocycles. The van der Waals surface area contributed by atoms with Crippen molar-refractivity contribution in [3.63, 3.8) is 0 Å². The van der Waals surface area contributed by atoms with E-state index in [0.29, 0.717) is 19.3 Å². The summed E-state index contributed by atoms with van der Waals surface area (Å²) in [6.45, 7) is 6.96. The SMILES string of the molecule is CC1CCC(C)C(NCc2ccc3c(c2)OCCO3)C1. The van der Waals surface area contributed by atoms with Crippen LogP contribution in [0.3, 0.4) is 0 Å². The zero-order valence-corrected chi connectivity index (χ0v) is 12.5. The number of nitrogens with one attached hydrogen (secondary N) is 1. The molecule has 3 atom stereocenters. The van der Waals surface area contributed by atoms with Crippen LogP contribution < -0.4 is 14.8 Å². The molecule has 3 heteroatoms. The lowest BCUT2D eigenvalue weighted by Crippen LogP contribution is -2.39. The second kappa shape index (κ2) is 6.04. The van der Waals surface area contributed by atoms with Gasteiger partial charge in [0.05, 0.1) is 0 Å². The Kier molecular flexibility index (Phi) is 4.16. The predicted molar refractivity (Wildman–Crippen MR) is 80.2 cm³/mol. The Morgan fingerprint density at radius 3 is 2.75 bits per heavy atom. The molecule has 110 valence electrons. The first-order valence-electron chi connectivity index (χ1n) is 7.84. The van der Waals surface area contributed by atoms with Gasteiger partial charge in [-0.2, -0.15) is 0 Å². The summed E-state index contributed by atoms with van der Waals surface area (Å²) in [5.41, 5.74) is 1.28. The Morgan fingerprint density at radius 1 is 1.10 bits per heavy atom. The van der Waals surface area contributed by atoms with Crippen LogP contribution in [0.15, 0.2) is 18.2 Å². The molecule has 1 aromatic carbocycles. The minimum atomic E-state index is 0.645. The lowest BCUT2D eigenvalue weighted by Gasteiger charge is -2.33. The van der Waals surface area contributed by atoms with Gasteiger partial charge in [0.2, 0.25) is 0 Å². The molecule has 0 bridgehead atoms. The quantitative estimate of drug-likeness (QED) is 0.917. The molecule has 1 saturated carbocycles. The molecule has 3 unspecified atom stereocenters. The molecule has 1 heterocycles. The van der Waals surface area contributed by atoms with Crippen LogP contribution in [0.4, 0.5) is 0 Å². The average Bonchev–Trinajstić information content (AvgIpc) is 2.48. The molecule has 0 spiro atoms. The van der Waals surface area contributed by atoms with E-state index < -0.39 is 0 Å². The minimum Gasteiger partial charge on any atom is -0.486 e. The molecule has 0 saturated heterocycles. The van der Waals surface area contributed by atoms with Gasteiger partial charge < -0.3 is 14.8 Å². The van der Waals surface area contributed by atoms with Gasteiger partial charge in [0, 0.05) is 12.6 Å². The summed E-state index contributed by atoms with van der Waals surface area (Å²) in [4.78, 5) is 0. The molecule has 3 rings (SSSR count). The predicted octanol–water partition coefficient (Wildman–Crippen LogP) is 3.37. The molecule has 0 aromatic heterocycles. The Morgan fingerprint density at radius 2 is 1.90 bits per heavy atom. The molecule has 3 nitrogen and oxygen atoms in total. The maximum absolute atomic E-state index is 5.64. The Hall–Kier alpha value is -1.22.